The van der Waals surface area contributed by atoms with E-state index in [1.807, 2.05) is 12.1 Å². The molecule has 1 atom stereocenters. The summed E-state index contributed by atoms with van der Waals surface area (Å²) in [5.74, 6) is 1.30. The molecule has 0 spiro atoms. The van der Waals surface area contributed by atoms with Gasteiger partial charge in [-0.25, -0.2) is 4.79 Å². The first-order valence-corrected chi connectivity index (χ1v) is 8.45. The zero-order valence-electron chi connectivity index (χ0n) is 13.8. The van der Waals surface area contributed by atoms with Gasteiger partial charge >= 0.3 is 6.03 Å². The molecule has 0 saturated carbocycles. The molecule has 2 N–H and O–H groups in total. The van der Waals surface area contributed by atoms with E-state index in [0.29, 0.717) is 25.0 Å². The lowest BCUT2D eigenvalue weighted by Crippen LogP contribution is -2.49. The third-order valence-corrected chi connectivity index (χ3v) is 4.35. The van der Waals surface area contributed by atoms with E-state index in [1.54, 1.807) is 6.26 Å². The van der Waals surface area contributed by atoms with Crippen LogP contribution in [0.4, 0.5) is 4.79 Å². The molecule has 2 amide bonds. The van der Waals surface area contributed by atoms with Crippen molar-refractivity contribution in [3.8, 4) is 0 Å². The van der Waals surface area contributed by atoms with Crippen LogP contribution in [-0.4, -0.2) is 36.6 Å². The zero-order chi connectivity index (χ0) is 15.8. The molecule has 22 heavy (non-hydrogen) atoms. The van der Waals surface area contributed by atoms with Gasteiger partial charge in [0.05, 0.1) is 12.8 Å². The topological polar surface area (TPSA) is 57.5 Å². The van der Waals surface area contributed by atoms with Crippen molar-refractivity contribution >= 4 is 6.03 Å². The molecule has 0 aliphatic carbocycles. The molecule has 1 unspecified atom stereocenters. The maximum atomic E-state index is 11.9. The number of nitrogens with zero attached hydrogens (tertiary/aromatic N) is 1. The fraction of sp³-hybridized carbons (Fsp3) is 0.706. The van der Waals surface area contributed by atoms with Crippen LogP contribution in [0.25, 0.3) is 0 Å². The van der Waals surface area contributed by atoms with Crippen LogP contribution in [0.15, 0.2) is 22.8 Å². The van der Waals surface area contributed by atoms with E-state index in [-0.39, 0.29) is 6.03 Å². The third-order valence-electron chi connectivity index (χ3n) is 4.35. The van der Waals surface area contributed by atoms with Gasteiger partial charge in [0.2, 0.25) is 0 Å². The SMILES string of the molecule is CC(C)C(CNC(=O)NCc1ccco1)N1CCCCCC1. The number of likely N-dealkylation sites (tertiary alicyclic amines) is 1. The van der Waals surface area contributed by atoms with Crippen LogP contribution in [0.1, 0.15) is 45.3 Å². The molecule has 1 aromatic rings. The molecule has 0 aromatic carbocycles. The number of hydrogen-bond donors (Lipinski definition) is 2. The first-order valence-electron chi connectivity index (χ1n) is 8.45. The number of nitrogens with one attached hydrogen (secondary N) is 2. The van der Waals surface area contributed by atoms with Gasteiger partial charge in [-0.3, -0.25) is 4.90 Å². The summed E-state index contributed by atoms with van der Waals surface area (Å²) in [6, 6.07) is 3.96. The monoisotopic (exact) mass is 307 g/mol. The lowest BCUT2D eigenvalue weighted by molar-refractivity contribution is 0.157. The van der Waals surface area contributed by atoms with Gasteiger partial charge in [-0.1, -0.05) is 26.7 Å². The Bertz CT molecular complexity index is 423. The van der Waals surface area contributed by atoms with E-state index in [1.165, 1.54) is 25.7 Å². The molecule has 2 rings (SSSR count). The van der Waals surface area contributed by atoms with Crippen molar-refractivity contribution in [1.29, 1.82) is 0 Å². The highest BCUT2D eigenvalue weighted by atomic mass is 16.3. The molecule has 5 heteroatoms. The van der Waals surface area contributed by atoms with E-state index in [4.69, 9.17) is 4.42 Å². The summed E-state index contributed by atoms with van der Waals surface area (Å²) in [6.45, 7) is 7.89. The van der Waals surface area contributed by atoms with Gasteiger partial charge in [-0.05, 0) is 44.0 Å². The fourth-order valence-corrected chi connectivity index (χ4v) is 3.05. The normalized spacial score (nSPS) is 18.0. The minimum Gasteiger partial charge on any atom is -0.467 e. The third kappa shape index (κ3) is 5.37. The highest BCUT2D eigenvalue weighted by Crippen LogP contribution is 2.17. The second-order valence-electron chi connectivity index (χ2n) is 6.40. The summed E-state index contributed by atoms with van der Waals surface area (Å²) >= 11 is 0. The number of rotatable bonds is 6. The van der Waals surface area contributed by atoms with Crippen molar-refractivity contribution in [3.63, 3.8) is 0 Å². The summed E-state index contributed by atoms with van der Waals surface area (Å²) in [6.07, 6.45) is 6.82. The maximum Gasteiger partial charge on any atom is 0.315 e. The van der Waals surface area contributed by atoms with Crippen LogP contribution >= 0.6 is 0 Å². The van der Waals surface area contributed by atoms with Gasteiger partial charge in [0.25, 0.3) is 0 Å². The average Bonchev–Trinajstić information content (AvgIpc) is 2.87. The molecule has 1 fully saturated rings. The minimum atomic E-state index is -0.128. The summed E-state index contributed by atoms with van der Waals surface area (Å²) in [5.41, 5.74) is 0. The number of urea groups is 1. The summed E-state index contributed by atoms with van der Waals surface area (Å²) in [5, 5.41) is 5.84. The van der Waals surface area contributed by atoms with Crippen LogP contribution in [0.3, 0.4) is 0 Å². The smallest absolute Gasteiger partial charge is 0.315 e. The molecular formula is C17H29N3O2. The van der Waals surface area contributed by atoms with Crippen LogP contribution in [-0.2, 0) is 6.54 Å². The Morgan fingerprint density at radius 1 is 1.23 bits per heavy atom. The molecule has 124 valence electrons. The number of carbonyl (C=O) groups excluding carboxylic acids is 1. The fourth-order valence-electron chi connectivity index (χ4n) is 3.05. The largest absolute Gasteiger partial charge is 0.467 e. The predicted octanol–water partition coefficient (Wildman–Crippen LogP) is 2.98. The van der Waals surface area contributed by atoms with Crippen molar-refractivity contribution in [1.82, 2.24) is 15.5 Å². The highest BCUT2D eigenvalue weighted by Gasteiger charge is 2.23. The molecule has 1 aliphatic rings. The van der Waals surface area contributed by atoms with Crippen LogP contribution < -0.4 is 10.6 Å². The first kappa shape index (κ1) is 16.9. The van der Waals surface area contributed by atoms with Crippen molar-refractivity contribution in [2.24, 2.45) is 5.92 Å². The van der Waals surface area contributed by atoms with Crippen molar-refractivity contribution in [2.75, 3.05) is 19.6 Å². The Labute approximate surface area is 133 Å². The van der Waals surface area contributed by atoms with Gasteiger partial charge in [-0.15, -0.1) is 0 Å². The lowest BCUT2D eigenvalue weighted by atomic mass is 10.0. The van der Waals surface area contributed by atoms with E-state index in [0.717, 1.165) is 18.8 Å². The maximum absolute atomic E-state index is 11.9. The Hall–Kier alpha value is -1.49. The molecule has 2 heterocycles. The number of furan rings is 1. The van der Waals surface area contributed by atoms with E-state index in [9.17, 15) is 4.79 Å². The van der Waals surface area contributed by atoms with Crippen LogP contribution in [0.2, 0.25) is 0 Å². The average molecular weight is 307 g/mol. The number of hydrogen-bond acceptors (Lipinski definition) is 3. The van der Waals surface area contributed by atoms with Crippen LogP contribution in [0.5, 0.6) is 0 Å². The standard InChI is InChI=1S/C17H29N3O2/c1-14(2)16(20-9-5-3-4-6-10-20)13-19-17(21)18-12-15-8-7-11-22-15/h7-8,11,14,16H,3-6,9-10,12-13H2,1-2H3,(H2,18,19,21). The first-order chi connectivity index (χ1) is 10.7. The molecule has 1 saturated heterocycles. The van der Waals surface area contributed by atoms with E-state index < -0.39 is 0 Å². The number of amides is 2. The van der Waals surface area contributed by atoms with Crippen molar-refractivity contribution < 1.29 is 9.21 Å². The van der Waals surface area contributed by atoms with Crippen molar-refractivity contribution in [3.05, 3.63) is 24.2 Å². The van der Waals surface area contributed by atoms with E-state index in [2.05, 4.69) is 29.4 Å². The van der Waals surface area contributed by atoms with Gasteiger partial charge in [0.1, 0.15) is 5.76 Å². The van der Waals surface area contributed by atoms with Gasteiger partial charge in [-0.2, -0.15) is 0 Å². The Morgan fingerprint density at radius 3 is 2.55 bits per heavy atom. The molecule has 1 aromatic heterocycles. The highest BCUT2D eigenvalue weighted by molar-refractivity contribution is 5.73. The zero-order valence-corrected chi connectivity index (χ0v) is 13.8. The summed E-state index contributed by atoms with van der Waals surface area (Å²) in [4.78, 5) is 14.5. The Balaban J connectivity index is 1.76. The molecular weight excluding hydrogens is 278 g/mol. The van der Waals surface area contributed by atoms with Crippen LogP contribution in [0, 0.1) is 5.92 Å². The molecule has 0 bridgehead atoms. The minimum absolute atomic E-state index is 0.128. The van der Waals surface area contributed by atoms with Gasteiger partial charge in [0.15, 0.2) is 0 Å². The lowest BCUT2D eigenvalue weighted by Gasteiger charge is -2.33. The summed E-state index contributed by atoms with van der Waals surface area (Å²) < 4.78 is 5.21. The molecule has 1 aliphatic heterocycles. The van der Waals surface area contributed by atoms with Gasteiger partial charge in [0, 0.05) is 12.6 Å². The Morgan fingerprint density at radius 2 is 1.95 bits per heavy atom. The second-order valence-corrected chi connectivity index (χ2v) is 6.40. The van der Waals surface area contributed by atoms with Gasteiger partial charge < -0.3 is 15.1 Å². The number of carbonyl (C=O) groups is 1. The predicted molar refractivity (Wildman–Crippen MR) is 87.6 cm³/mol. The quantitative estimate of drug-likeness (QED) is 0.849. The second kappa shape index (κ2) is 8.83. The molecule has 0 radical (unpaired) electrons. The summed E-state index contributed by atoms with van der Waals surface area (Å²) in [7, 11) is 0. The van der Waals surface area contributed by atoms with Crippen molar-refractivity contribution in [2.45, 2.75) is 52.1 Å². The Kier molecular flexibility index (Phi) is 6.77. The van der Waals surface area contributed by atoms with E-state index >= 15 is 0 Å². The molecule has 5 nitrogen and oxygen atoms in total.